The van der Waals surface area contributed by atoms with Gasteiger partial charge in [-0.3, -0.25) is 0 Å². The van der Waals surface area contributed by atoms with Crippen molar-refractivity contribution in [1.29, 1.82) is 0 Å². The number of nitrogens with one attached hydrogen (secondary N) is 1. The molecule has 0 aliphatic heterocycles. The van der Waals surface area contributed by atoms with Gasteiger partial charge in [-0.05, 0) is 45.8 Å². The minimum absolute atomic E-state index is 0.0572. The van der Waals surface area contributed by atoms with E-state index in [9.17, 15) is 5.11 Å². The number of methoxy groups -OCH3 is 1. The molecule has 0 saturated heterocycles. The second kappa shape index (κ2) is 7.11. The van der Waals surface area contributed by atoms with Crippen LogP contribution in [0.2, 0.25) is 5.02 Å². The van der Waals surface area contributed by atoms with E-state index >= 15 is 0 Å². The minimum atomic E-state index is 0.0572. The summed E-state index contributed by atoms with van der Waals surface area (Å²) in [6.07, 6.45) is 0. The zero-order valence-electron chi connectivity index (χ0n) is 11.2. The monoisotopic (exact) mass is 385 g/mol. The van der Waals surface area contributed by atoms with E-state index in [-0.39, 0.29) is 5.75 Å². The summed E-state index contributed by atoms with van der Waals surface area (Å²) < 4.78 is 5.65. The summed E-state index contributed by atoms with van der Waals surface area (Å²) in [7, 11) is 1.50. The average molecular weight is 387 g/mol. The summed E-state index contributed by atoms with van der Waals surface area (Å²) in [6.45, 7) is 0.594. The molecule has 110 valence electrons. The normalized spacial score (nSPS) is 10.2. The molecule has 0 heterocycles. The predicted molar refractivity (Wildman–Crippen MR) is 92.4 cm³/mol. The van der Waals surface area contributed by atoms with E-state index in [1.54, 1.807) is 12.1 Å². The first-order valence-electron chi connectivity index (χ1n) is 6.10. The van der Waals surface area contributed by atoms with E-state index < -0.39 is 0 Å². The van der Waals surface area contributed by atoms with Crippen LogP contribution in [0.15, 0.2) is 40.9 Å². The van der Waals surface area contributed by atoms with Crippen LogP contribution in [0, 0.1) is 0 Å². The van der Waals surface area contributed by atoms with Gasteiger partial charge in [0.2, 0.25) is 0 Å². The van der Waals surface area contributed by atoms with Gasteiger partial charge in [-0.25, -0.2) is 0 Å². The number of rotatable bonds is 4. The van der Waals surface area contributed by atoms with Crippen LogP contribution in [0.3, 0.4) is 0 Å². The molecule has 2 aromatic rings. The Balaban J connectivity index is 2.10. The van der Waals surface area contributed by atoms with Crippen LogP contribution >= 0.6 is 39.7 Å². The fourth-order valence-electron chi connectivity index (χ4n) is 1.75. The molecule has 0 unspecified atom stereocenters. The van der Waals surface area contributed by atoms with Crippen molar-refractivity contribution >= 4 is 44.7 Å². The van der Waals surface area contributed by atoms with Gasteiger partial charge < -0.3 is 15.2 Å². The number of aromatic hydroxyl groups is 1. The lowest BCUT2D eigenvalue weighted by atomic mass is 10.2. The fraction of sp³-hybridized carbons (Fsp3) is 0.133. The Labute approximate surface area is 142 Å². The highest BCUT2D eigenvalue weighted by Gasteiger charge is 2.11. The Hall–Kier alpha value is -1.30. The van der Waals surface area contributed by atoms with Crippen molar-refractivity contribution in [2.24, 2.45) is 0 Å². The van der Waals surface area contributed by atoms with Crippen LogP contribution in [0.5, 0.6) is 11.5 Å². The fourth-order valence-corrected chi connectivity index (χ4v) is 2.51. The van der Waals surface area contributed by atoms with Gasteiger partial charge in [-0.2, -0.15) is 0 Å². The van der Waals surface area contributed by atoms with Crippen molar-refractivity contribution in [2.75, 3.05) is 7.11 Å². The summed E-state index contributed by atoms with van der Waals surface area (Å²) in [6, 6.07) is 11.0. The largest absolute Gasteiger partial charge is 0.503 e. The quantitative estimate of drug-likeness (QED) is 0.770. The van der Waals surface area contributed by atoms with E-state index in [4.69, 9.17) is 28.6 Å². The number of benzene rings is 2. The molecule has 0 aromatic heterocycles. The van der Waals surface area contributed by atoms with Crippen molar-refractivity contribution in [3.63, 3.8) is 0 Å². The molecule has 6 heteroatoms. The van der Waals surface area contributed by atoms with E-state index in [0.29, 0.717) is 26.8 Å². The molecule has 2 aromatic carbocycles. The van der Waals surface area contributed by atoms with Crippen molar-refractivity contribution < 1.29 is 9.84 Å². The van der Waals surface area contributed by atoms with Gasteiger partial charge in [0.1, 0.15) is 4.99 Å². The highest BCUT2D eigenvalue weighted by molar-refractivity contribution is 9.10. The van der Waals surface area contributed by atoms with Gasteiger partial charge in [-0.1, -0.05) is 36.0 Å². The van der Waals surface area contributed by atoms with Crippen LogP contribution in [0.4, 0.5) is 0 Å². The van der Waals surface area contributed by atoms with E-state index in [2.05, 4.69) is 21.2 Å². The highest BCUT2D eigenvalue weighted by atomic mass is 79.9. The second-order valence-corrected chi connectivity index (χ2v) is 6.02. The van der Waals surface area contributed by atoms with Crippen LogP contribution in [-0.2, 0) is 6.54 Å². The maximum Gasteiger partial charge on any atom is 0.172 e. The molecule has 0 atom stereocenters. The number of phenolic OH excluding ortho intramolecular Hbond substituents is 1. The van der Waals surface area contributed by atoms with Gasteiger partial charge >= 0.3 is 0 Å². The van der Waals surface area contributed by atoms with E-state index in [1.165, 1.54) is 7.11 Å². The third kappa shape index (κ3) is 4.09. The van der Waals surface area contributed by atoms with Gasteiger partial charge in [0.05, 0.1) is 11.6 Å². The number of ether oxygens (including phenoxy) is 1. The predicted octanol–water partition coefficient (Wildman–Crippen LogP) is 4.28. The Kier molecular flexibility index (Phi) is 5.45. The molecule has 0 bridgehead atoms. The lowest BCUT2D eigenvalue weighted by Crippen LogP contribution is -2.21. The van der Waals surface area contributed by atoms with E-state index in [0.717, 1.165) is 11.1 Å². The van der Waals surface area contributed by atoms with Gasteiger partial charge in [-0.15, -0.1) is 0 Å². The number of halogens is 2. The van der Waals surface area contributed by atoms with Gasteiger partial charge in [0, 0.05) is 17.1 Å². The van der Waals surface area contributed by atoms with Gasteiger partial charge in [0.15, 0.2) is 11.5 Å². The number of thiocarbonyl (C=S) groups is 1. The molecule has 0 aliphatic rings. The first-order chi connectivity index (χ1) is 10.0. The van der Waals surface area contributed by atoms with E-state index in [1.807, 2.05) is 24.3 Å². The van der Waals surface area contributed by atoms with Crippen LogP contribution < -0.4 is 10.1 Å². The Morgan fingerprint density at radius 2 is 2.00 bits per heavy atom. The van der Waals surface area contributed by atoms with Crippen LogP contribution in [-0.4, -0.2) is 17.2 Å². The third-order valence-electron chi connectivity index (χ3n) is 2.88. The summed E-state index contributed by atoms with van der Waals surface area (Å²) in [5, 5.41) is 13.7. The van der Waals surface area contributed by atoms with Crippen molar-refractivity contribution in [2.45, 2.75) is 6.54 Å². The molecule has 2 N–H and O–H groups in total. The zero-order chi connectivity index (χ0) is 15.4. The Morgan fingerprint density at radius 1 is 1.33 bits per heavy atom. The molecule has 21 heavy (non-hydrogen) atoms. The number of hydrogen-bond donors (Lipinski definition) is 2. The smallest absolute Gasteiger partial charge is 0.172 e. The molecule has 0 saturated carbocycles. The molecule has 3 nitrogen and oxygen atoms in total. The molecule has 0 amide bonds. The first-order valence-corrected chi connectivity index (χ1v) is 7.68. The highest BCUT2D eigenvalue weighted by Crippen LogP contribution is 2.35. The Morgan fingerprint density at radius 3 is 2.62 bits per heavy atom. The molecule has 0 fully saturated rings. The minimum Gasteiger partial charge on any atom is -0.503 e. The Bertz CT molecular complexity index is 661. The zero-order valence-corrected chi connectivity index (χ0v) is 14.3. The summed E-state index contributed by atoms with van der Waals surface area (Å²) in [5.74, 6) is 0.428. The van der Waals surface area contributed by atoms with Crippen molar-refractivity contribution in [3.05, 3.63) is 57.0 Å². The molecule has 0 spiro atoms. The second-order valence-electron chi connectivity index (χ2n) is 4.32. The molecule has 0 aliphatic carbocycles. The lowest BCUT2D eigenvalue weighted by Gasteiger charge is -2.12. The number of hydrogen-bond acceptors (Lipinski definition) is 3. The van der Waals surface area contributed by atoms with Crippen LogP contribution in [0.25, 0.3) is 0 Å². The lowest BCUT2D eigenvalue weighted by molar-refractivity contribution is 0.372. The topological polar surface area (TPSA) is 41.5 Å². The van der Waals surface area contributed by atoms with Crippen molar-refractivity contribution in [1.82, 2.24) is 5.32 Å². The maximum absolute atomic E-state index is 9.79. The standard InChI is InChI=1S/C15H13BrClNO2S/c1-20-13-7-10(6-12(16)14(13)19)15(21)18-8-9-2-4-11(17)5-3-9/h2-7,19H,8H2,1H3,(H,18,21). The third-order valence-corrected chi connectivity index (χ3v) is 4.11. The van der Waals surface area contributed by atoms with Crippen molar-refractivity contribution in [3.8, 4) is 11.5 Å². The summed E-state index contributed by atoms with van der Waals surface area (Å²) >= 11 is 14.5. The average Bonchev–Trinajstić information content (AvgIpc) is 2.49. The summed E-state index contributed by atoms with van der Waals surface area (Å²) in [5.41, 5.74) is 1.84. The number of phenols is 1. The molecular formula is C15H13BrClNO2S. The summed E-state index contributed by atoms with van der Waals surface area (Å²) in [4.78, 5) is 0.573. The molecule has 2 rings (SSSR count). The maximum atomic E-state index is 9.79. The molecular weight excluding hydrogens is 374 g/mol. The SMILES string of the molecule is COc1cc(C(=S)NCc2ccc(Cl)cc2)cc(Br)c1O. The molecule has 0 radical (unpaired) electrons. The van der Waals surface area contributed by atoms with Crippen LogP contribution in [0.1, 0.15) is 11.1 Å². The first kappa shape index (κ1) is 16.1. The van der Waals surface area contributed by atoms with Gasteiger partial charge in [0.25, 0.3) is 0 Å².